The Kier molecular flexibility index (Phi) is 5.99. The molecule has 1 N–H and O–H groups in total. The molecule has 18 heavy (non-hydrogen) atoms. The van der Waals surface area contributed by atoms with E-state index < -0.39 is 5.97 Å². The third-order valence-corrected chi connectivity index (χ3v) is 3.01. The fraction of sp³-hybridized carbons (Fsp3) is 0.500. The summed E-state index contributed by atoms with van der Waals surface area (Å²) in [4.78, 5) is 12.7. The van der Waals surface area contributed by atoms with E-state index in [4.69, 9.17) is 16.7 Å². The molecule has 0 fully saturated rings. The Morgan fingerprint density at radius 1 is 1.33 bits per heavy atom. The first-order valence-corrected chi connectivity index (χ1v) is 6.71. The van der Waals surface area contributed by atoms with Crippen molar-refractivity contribution in [1.82, 2.24) is 0 Å². The van der Waals surface area contributed by atoms with Crippen LogP contribution in [0.15, 0.2) is 24.3 Å². The zero-order valence-corrected chi connectivity index (χ0v) is 11.7. The number of aryl methyl sites for hydroxylation is 1. The van der Waals surface area contributed by atoms with Crippen molar-refractivity contribution in [2.45, 2.75) is 32.7 Å². The monoisotopic (exact) mass is 269 g/mol. The lowest BCUT2D eigenvalue weighted by Gasteiger charge is -2.28. The van der Waals surface area contributed by atoms with Crippen molar-refractivity contribution in [3.05, 3.63) is 29.8 Å². The number of carboxylic acids is 1. The Bertz CT molecular complexity index is 376. The molecule has 100 valence electrons. The second-order valence-corrected chi connectivity index (χ2v) is 4.91. The third kappa shape index (κ3) is 4.57. The Balaban J connectivity index is 2.70. The van der Waals surface area contributed by atoms with Crippen molar-refractivity contribution in [3.63, 3.8) is 0 Å². The standard InChI is InChI=1S/C14H20ClNO2/c1-11(2)16(10-9-15)13-6-3-12(4-7-13)5-8-14(17)18/h3-4,6-7,11H,5,8-10H2,1-2H3,(H,17,18). The molecule has 0 bridgehead atoms. The minimum absolute atomic E-state index is 0.176. The molecule has 0 heterocycles. The Morgan fingerprint density at radius 3 is 2.39 bits per heavy atom. The van der Waals surface area contributed by atoms with Crippen molar-refractivity contribution in [2.75, 3.05) is 17.3 Å². The highest BCUT2D eigenvalue weighted by molar-refractivity contribution is 6.18. The lowest BCUT2D eigenvalue weighted by molar-refractivity contribution is -0.136. The quantitative estimate of drug-likeness (QED) is 0.773. The van der Waals surface area contributed by atoms with Gasteiger partial charge in [0.15, 0.2) is 0 Å². The summed E-state index contributed by atoms with van der Waals surface area (Å²) in [6.45, 7) is 5.07. The minimum Gasteiger partial charge on any atom is -0.481 e. The molecule has 1 aromatic rings. The lowest BCUT2D eigenvalue weighted by Crippen LogP contribution is -2.32. The number of anilines is 1. The van der Waals surface area contributed by atoms with Crippen LogP contribution in [0.4, 0.5) is 5.69 Å². The Morgan fingerprint density at radius 2 is 1.94 bits per heavy atom. The molecule has 0 atom stereocenters. The van der Waals surface area contributed by atoms with E-state index in [1.807, 2.05) is 24.3 Å². The van der Waals surface area contributed by atoms with Gasteiger partial charge in [-0.3, -0.25) is 4.79 Å². The maximum Gasteiger partial charge on any atom is 0.303 e. The van der Waals surface area contributed by atoms with E-state index in [-0.39, 0.29) is 6.42 Å². The molecular weight excluding hydrogens is 250 g/mol. The molecule has 1 aromatic carbocycles. The van der Waals surface area contributed by atoms with Crippen LogP contribution in [0.3, 0.4) is 0 Å². The second kappa shape index (κ2) is 7.27. The second-order valence-electron chi connectivity index (χ2n) is 4.54. The van der Waals surface area contributed by atoms with Gasteiger partial charge in [-0.15, -0.1) is 11.6 Å². The topological polar surface area (TPSA) is 40.5 Å². The van der Waals surface area contributed by atoms with Crippen molar-refractivity contribution < 1.29 is 9.90 Å². The molecule has 1 rings (SSSR count). The van der Waals surface area contributed by atoms with Crippen LogP contribution in [-0.2, 0) is 11.2 Å². The highest BCUT2D eigenvalue weighted by atomic mass is 35.5. The van der Waals surface area contributed by atoms with Gasteiger partial charge in [0.05, 0.1) is 0 Å². The summed E-state index contributed by atoms with van der Waals surface area (Å²) < 4.78 is 0. The van der Waals surface area contributed by atoms with Crippen LogP contribution >= 0.6 is 11.6 Å². The van der Waals surface area contributed by atoms with Crippen LogP contribution < -0.4 is 4.90 Å². The number of carbonyl (C=O) groups is 1. The molecule has 0 saturated heterocycles. The van der Waals surface area contributed by atoms with Crippen LogP contribution in [0.25, 0.3) is 0 Å². The largest absolute Gasteiger partial charge is 0.481 e. The summed E-state index contributed by atoms with van der Waals surface area (Å²) in [6, 6.07) is 8.44. The Hall–Kier alpha value is -1.22. The fourth-order valence-electron chi connectivity index (χ4n) is 1.88. The summed E-state index contributed by atoms with van der Waals surface area (Å²) in [5.74, 6) is -0.163. The van der Waals surface area contributed by atoms with Gasteiger partial charge in [-0.2, -0.15) is 0 Å². The Labute approximate surface area is 113 Å². The van der Waals surface area contributed by atoms with Gasteiger partial charge in [0.1, 0.15) is 0 Å². The lowest BCUT2D eigenvalue weighted by atomic mass is 10.1. The average molecular weight is 270 g/mol. The van der Waals surface area contributed by atoms with Crippen LogP contribution in [-0.4, -0.2) is 29.5 Å². The smallest absolute Gasteiger partial charge is 0.303 e. The number of halogens is 1. The maximum atomic E-state index is 10.5. The summed E-state index contributed by atoms with van der Waals surface area (Å²) in [5, 5.41) is 8.64. The molecule has 0 spiro atoms. The normalized spacial score (nSPS) is 10.7. The summed E-state index contributed by atoms with van der Waals surface area (Å²) in [5.41, 5.74) is 2.18. The van der Waals surface area contributed by atoms with Crippen molar-refractivity contribution >= 4 is 23.3 Å². The fourth-order valence-corrected chi connectivity index (χ4v) is 2.06. The summed E-state index contributed by atoms with van der Waals surface area (Å²) >= 11 is 5.80. The van der Waals surface area contributed by atoms with E-state index in [2.05, 4.69) is 18.7 Å². The van der Waals surface area contributed by atoms with E-state index in [0.29, 0.717) is 18.3 Å². The molecule has 0 saturated carbocycles. The molecule has 0 aliphatic rings. The molecule has 0 amide bonds. The van der Waals surface area contributed by atoms with Gasteiger partial charge in [-0.1, -0.05) is 12.1 Å². The molecular formula is C14H20ClNO2. The third-order valence-electron chi connectivity index (χ3n) is 2.84. The predicted molar refractivity (Wildman–Crippen MR) is 75.6 cm³/mol. The van der Waals surface area contributed by atoms with E-state index in [0.717, 1.165) is 17.8 Å². The van der Waals surface area contributed by atoms with Gasteiger partial charge < -0.3 is 10.0 Å². The molecule has 0 aromatic heterocycles. The van der Waals surface area contributed by atoms with Gasteiger partial charge in [-0.05, 0) is 38.0 Å². The first-order chi connectivity index (χ1) is 8.54. The molecule has 3 nitrogen and oxygen atoms in total. The van der Waals surface area contributed by atoms with Gasteiger partial charge in [0.25, 0.3) is 0 Å². The number of carboxylic acid groups (broad SMARTS) is 1. The van der Waals surface area contributed by atoms with Crippen LogP contribution in [0.5, 0.6) is 0 Å². The number of aliphatic carboxylic acids is 1. The number of hydrogen-bond donors (Lipinski definition) is 1. The molecule has 0 radical (unpaired) electrons. The number of hydrogen-bond acceptors (Lipinski definition) is 2. The molecule has 0 aliphatic heterocycles. The van der Waals surface area contributed by atoms with Gasteiger partial charge in [0, 0.05) is 30.6 Å². The predicted octanol–water partition coefficient (Wildman–Crippen LogP) is 3.16. The van der Waals surface area contributed by atoms with Crippen LogP contribution in [0.2, 0.25) is 0 Å². The molecule has 0 unspecified atom stereocenters. The summed E-state index contributed by atoms with van der Waals surface area (Å²) in [7, 11) is 0. The number of nitrogens with zero attached hydrogens (tertiary/aromatic N) is 1. The highest BCUT2D eigenvalue weighted by Gasteiger charge is 2.09. The highest BCUT2D eigenvalue weighted by Crippen LogP contribution is 2.18. The molecule has 0 aliphatic carbocycles. The first-order valence-electron chi connectivity index (χ1n) is 6.18. The maximum absolute atomic E-state index is 10.5. The minimum atomic E-state index is -0.759. The molecule has 4 heteroatoms. The van der Waals surface area contributed by atoms with E-state index >= 15 is 0 Å². The zero-order valence-electron chi connectivity index (χ0n) is 10.9. The number of rotatable bonds is 7. The van der Waals surface area contributed by atoms with E-state index in [1.54, 1.807) is 0 Å². The van der Waals surface area contributed by atoms with Crippen LogP contribution in [0.1, 0.15) is 25.8 Å². The van der Waals surface area contributed by atoms with Gasteiger partial charge in [-0.25, -0.2) is 0 Å². The average Bonchev–Trinajstić information content (AvgIpc) is 2.34. The van der Waals surface area contributed by atoms with Crippen molar-refractivity contribution in [2.24, 2.45) is 0 Å². The van der Waals surface area contributed by atoms with E-state index in [9.17, 15) is 4.79 Å². The SMILES string of the molecule is CC(C)N(CCCl)c1ccc(CCC(=O)O)cc1. The van der Waals surface area contributed by atoms with Crippen molar-refractivity contribution in [1.29, 1.82) is 0 Å². The first kappa shape index (κ1) is 14.8. The zero-order chi connectivity index (χ0) is 13.5. The van der Waals surface area contributed by atoms with Crippen molar-refractivity contribution in [3.8, 4) is 0 Å². The number of benzene rings is 1. The van der Waals surface area contributed by atoms with E-state index in [1.165, 1.54) is 0 Å². The van der Waals surface area contributed by atoms with Crippen LogP contribution in [0, 0.1) is 0 Å². The van der Waals surface area contributed by atoms with Gasteiger partial charge >= 0.3 is 5.97 Å². The van der Waals surface area contributed by atoms with Gasteiger partial charge in [0.2, 0.25) is 0 Å². The number of alkyl halides is 1. The summed E-state index contributed by atoms with van der Waals surface area (Å²) in [6.07, 6.45) is 0.752.